The predicted octanol–water partition coefficient (Wildman–Crippen LogP) is 1.58. The SMILES string of the molecule is COCC1CCN(c2cccc(F)c2C(=N)N)C1. The molecule has 5 heteroatoms. The molecule has 1 fully saturated rings. The van der Waals surface area contributed by atoms with Gasteiger partial charge in [-0.05, 0) is 18.6 Å². The summed E-state index contributed by atoms with van der Waals surface area (Å²) < 4.78 is 18.9. The van der Waals surface area contributed by atoms with E-state index in [0.29, 0.717) is 18.2 Å². The number of hydrogen-bond donors (Lipinski definition) is 2. The lowest BCUT2D eigenvalue weighted by Crippen LogP contribution is -2.25. The summed E-state index contributed by atoms with van der Waals surface area (Å²) in [5.41, 5.74) is 6.38. The van der Waals surface area contributed by atoms with Crippen LogP contribution in [0.4, 0.5) is 10.1 Å². The summed E-state index contributed by atoms with van der Waals surface area (Å²) in [5.74, 6) is -0.202. The summed E-state index contributed by atoms with van der Waals surface area (Å²) in [6.45, 7) is 2.37. The highest BCUT2D eigenvalue weighted by Crippen LogP contribution is 2.28. The lowest BCUT2D eigenvalue weighted by atomic mass is 10.1. The van der Waals surface area contributed by atoms with Crippen LogP contribution in [0.3, 0.4) is 0 Å². The van der Waals surface area contributed by atoms with E-state index in [0.717, 1.165) is 19.5 Å². The molecule has 1 unspecified atom stereocenters. The molecule has 0 aromatic heterocycles. The second-order valence-electron chi connectivity index (χ2n) is 4.60. The minimum Gasteiger partial charge on any atom is -0.384 e. The first kappa shape index (κ1) is 12.8. The summed E-state index contributed by atoms with van der Waals surface area (Å²) in [7, 11) is 1.69. The molecule has 1 aromatic rings. The standard InChI is InChI=1S/C13H18FN3O/c1-18-8-9-5-6-17(7-9)11-4-2-3-10(14)12(11)13(15)16/h2-4,9H,5-8H2,1H3,(H3,15,16). The molecular weight excluding hydrogens is 233 g/mol. The van der Waals surface area contributed by atoms with Crippen LogP contribution < -0.4 is 10.6 Å². The highest BCUT2D eigenvalue weighted by molar-refractivity contribution is 6.00. The Morgan fingerprint density at radius 2 is 2.39 bits per heavy atom. The molecule has 1 aliphatic rings. The van der Waals surface area contributed by atoms with Gasteiger partial charge in [0.1, 0.15) is 11.7 Å². The van der Waals surface area contributed by atoms with E-state index >= 15 is 0 Å². The minimum atomic E-state index is -0.435. The molecule has 1 aromatic carbocycles. The number of anilines is 1. The predicted molar refractivity (Wildman–Crippen MR) is 69.6 cm³/mol. The Kier molecular flexibility index (Phi) is 3.81. The Bertz CT molecular complexity index is 450. The Hall–Kier alpha value is -1.62. The number of benzene rings is 1. The van der Waals surface area contributed by atoms with Gasteiger partial charge in [0.2, 0.25) is 0 Å². The summed E-state index contributed by atoms with van der Waals surface area (Å²) in [5, 5.41) is 7.50. The number of nitrogens with one attached hydrogen (secondary N) is 1. The van der Waals surface area contributed by atoms with E-state index in [1.54, 1.807) is 13.2 Å². The maximum atomic E-state index is 13.7. The molecule has 4 nitrogen and oxygen atoms in total. The van der Waals surface area contributed by atoms with Gasteiger partial charge in [0.05, 0.1) is 17.9 Å². The summed E-state index contributed by atoms with van der Waals surface area (Å²) in [4.78, 5) is 2.07. The van der Waals surface area contributed by atoms with Crippen LogP contribution in [-0.4, -0.2) is 32.6 Å². The van der Waals surface area contributed by atoms with Crippen molar-refractivity contribution in [1.29, 1.82) is 5.41 Å². The lowest BCUT2D eigenvalue weighted by molar-refractivity contribution is 0.161. The fourth-order valence-electron chi connectivity index (χ4n) is 2.47. The van der Waals surface area contributed by atoms with Crippen LogP contribution in [0, 0.1) is 17.1 Å². The largest absolute Gasteiger partial charge is 0.384 e. The van der Waals surface area contributed by atoms with Gasteiger partial charge in [0, 0.05) is 26.1 Å². The highest BCUT2D eigenvalue weighted by Gasteiger charge is 2.25. The van der Waals surface area contributed by atoms with Crippen LogP contribution in [0.2, 0.25) is 0 Å². The third-order valence-corrected chi connectivity index (χ3v) is 3.29. The summed E-state index contributed by atoms with van der Waals surface area (Å²) >= 11 is 0. The number of hydrogen-bond acceptors (Lipinski definition) is 3. The molecule has 1 saturated heterocycles. The Balaban J connectivity index is 2.24. The molecule has 0 amide bonds. The molecule has 1 aliphatic heterocycles. The van der Waals surface area contributed by atoms with Crippen LogP contribution >= 0.6 is 0 Å². The first-order chi connectivity index (χ1) is 8.63. The van der Waals surface area contributed by atoms with Gasteiger partial charge in [0.15, 0.2) is 0 Å². The lowest BCUT2D eigenvalue weighted by Gasteiger charge is -2.22. The zero-order chi connectivity index (χ0) is 13.1. The van der Waals surface area contributed by atoms with Gasteiger partial charge >= 0.3 is 0 Å². The monoisotopic (exact) mass is 251 g/mol. The van der Waals surface area contributed by atoms with E-state index in [4.69, 9.17) is 15.9 Å². The molecule has 0 spiro atoms. The third-order valence-electron chi connectivity index (χ3n) is 3.29. The Morgan fingerprint density at radius 3 is 3.06 bits per heavy atom. The van der Waals surface area contributed by atoms with Crippen LogP contribution in [0.25, 0.3) is 0 Å². The highest BCUT2D eigenvalue weighted by atomic mass is 19.1. The number of ether oxygens (including phenoxy) is 1. The molecule has 0 radical (unpaired) electrons. The van der Waals surface area contributed by atoms with Crippen molar-refractivity contribution in [3.63, 3.8) is 0 Å². The Labute approximate surface area is 106 Å². The molecule has 0 saturated carbocycles. The van der Waals surface area contributed by atoms with Crippen molar-refractivity contribution >= 4 is 11.5 Å². The second-order valence-corrected chi connectivity index (χ2v) is 4.60. The van der Waals surface area contributed by atoms with Crippen LogP contribution in [0.5, 0.6) is 0 Å². The zero-order valence-electron chi connectivity index (χ0n) is 10.4. The van der Waals surface area contributed by atoms with E-state index in [-0.39, 0.29) is 11.4 Å². The van der Waals surface area contributed by atoms with Gasteiger partial charge in [-0.2, -0.15) is 0 Å². The van der Waals surface area contributed by atoms with Crippen molar-refractivity contribution < 1.29 is 9.13 Å². The smallest absolute Gasteiger partial charge is 0.136 e. The number of amidine groups is 1. The van der Waals surface area contributed by atoms with E-state index in [2.05, 4.69) is 4.90 Å². The summed E-state index contributed by atoms with van der Waals surface area (Å²) in [6, 6.07) is 4.80. The average Bonchev–Trinajstić information content (AvgIpc) is 2.77. The van der Waals surface area contributed by atoms with Crippen molar-refractivity contribution in [2.45, 2.75) is 6.42 Å². The minimum absolute atomic E-state index is 0.204. The number of rotatable bonds is 4. The number of nitrogens with zero attached hydrogens (tertiary/aromatic N) is 1. The summed E-state index contributed by atoms with van der Waals surface area (Å²) in [6.07, 6.45) is 1.02. The number of halogens is 1. The molecule has 98 valence electrons. The quantitative estimate of drug-likeness (QED) is 0.631. The van der Waals surface area contributed by atoms with Crippen LogP contribution in [-0.2, 0) is 4.74 Å². The van der Waals surface area contributed by atoms with E-state index < -0.39 is 5.82 Å². The van der Waals surface area contributed by atoms with Gasteiger partial charge in [-0.1, -0.05) is 6.07 Å². The van der Waals surface area contributed by atoms with Crippen molar-refractivity contribution in [1.82, 2.24) is 0 Å². The first-order valence-corrected chi connectivity index (χ1v) is 6.00. The Morgan fingerprint density at radius 1 is 1.61 bits per heavy atom. The van der Waals surface area contributed by atoms with Gasteiger partial charge in [-0.3, -0.25) is 5.41 Å². The van der Waals surface area contributed by atoms with E-state index in [1.165, 1.54) is 6.07 Å². The molecule has 1 heterocycles. The van der Waals surface area contributed by atoms with E-state index in [1.807, 2.05) is 6.07 Å². The van der Waals surface area contributed by atoms with Crippen molar-refractivity contribution in [2.75, 3.05) is 31.7 Å². The van der Waals surface area contributed by atoms with Gasteiger partial charge in [0.25, 0.3) is 0 Å². The van der Waals surface area contributed by atoms with Gasteiger partial charge in [-0.25, -0.2) is 4.39 Å². The molecule has 0 aliphatic carbocycles. The molecule has 2 rings (SSSR count). The third kappa shape index (κ3) is 2.46. The first-order valence-electron chi connectivity index (χ1n) is 6.00. The maximum absolute atomic E-state index is 13.7. The molecule has 0 bridgehead atoms. The van der Waals surface area contributed by atoms with Gasteiger partial charge in [-0.15, -0.1) is 0 Å². The normalized spacial score (nSPS) is 19.2. The fourth-order valence-corrected chi connectivity index (χ4v) is 2.47. The van der Waals surface area contributed by atoms with E-state index in [9.17, 15) is 4.39 Å². The molecule has 18 heavy (non-hydrogen) atoms. The van der Waals surface area contributed by atoms with Crippen molar-refractivity contribution in [3.05, 3.63) is 29.6 Å². The number of nitrogen functional groups attached to an aromatic ring is 1. The molecular formula is C13H18FN3O. The van der Waals surface area contributed by atoms with Crippen LogP contribution in [0.15, 0.2) is 18.2 Å². The maximum Gasteiger partial charge on any atom is 0.136 e. The van der Waals surface area contributed by atoms with Crippen LogP contribution in [0.1, 0.15) is 12.0 Å². The number of nitrogens with two attached hydrogens (primary N) is 1. The van der Waals surface area contributed by atoms with Gasteiger partial charge < -0.3 is 15.4 Å². The molecule has 1 atom stereocenters. The fraction of sp³-hybridized carbons (Fsp3) is 0.462. The number of methoxy groups -OCH3 is 1. The molecule has 3 N–H and O–H groups in total. The van der Waals surface area contributed by atoms with Crippen molar-refractivity contribution in [2.24, 2.45) is 11.7 Å². The van der Waals surface area contributed by atoms with Crippen molar-refractivity contribution in [3.8, 4) is 0 Å². The topological polar surface area (TPSA) is 62.3 Å². The average molecular weight is 251 g/mol. The zero-order valence-corrected chi connectivity index (χ0v) is 10.4. The second kappa shape index (κ2) is 5.35.